The van der Waals surface area contributed by atoms with Gasteiger partial charge in [-0.1, -0.05) is 18.2 Å². The van der Waals surface area contributed by atoms with Gasteiger partial charge < -0.3 is 9.31 Å². The molecule has 2 N–H and O–H groups in total. The van der Waals surface area contributed by atoms with Crippen molar-refractivity contribution in [3.63, 3.8) is 0 Å². The van der Waals surface area contributed by atoms with Gasteiger partial charge in [0.25, 0.3) is 0 Å². The third-order valence-electron chi connectivity index (χ3n) is 3.59. The summed E-state index contributed by atoms with van der Waals surface area (Å²) in [6, 6.07) is 7.38. The number of rotatable bonds is 2. The first-order valence-corrected chi connectivity index (χ1v) is 5.72. The van der Waals surface area contributed by atoms with Crippen LogP contribution in [-0.2, 0) is 9.31 Å². The number of hydrogen-bond donors (Lipinski definition) is 2. The molecule has 0 atom stereocenters. The predicted octanol–water partition coefficient (Wildman–Crippen LogP) is 1.79. The maximum Gasteiger partial charge on any atom is 0.497 e. The standard InChI is InChI=1S/C12H18BNO3/c1-11(2)12(3,4)17-13(16-11)9-7-5-6-8-10(9)14-15/h5-8,14-15H,1-4H3. The average Bonchev–Trinajstić information content (AvgIpc) is 2.48. The van der Waals surface area contributed by atoms with Crippen LogP contribution in [0, 0.1) is 0 Å². The highest BCUT2D eigenvalue weighted by molar-refractivity contribution is 6.63. The van der Waals surface area contributed by atoms with E-state index in [0.717, 1.165) is 5.46 Å². The van der Waals surface area contributed by atoms with Gasteiger partial charge in [0.05, 0.1) is 16.9 Å². The molecule has 4 nitrogen and oxygen atoms in total. The first-order valence-electron chi connectivity index (χ1n) is 5.72. The number of para-hydroxylation sites is 1. The first-order chi connectivity index (χ1) is 7.87. The number of anilines is 1. The molecule has 1 fully saturated rings. The predicted molar refractivity (Wildman–Crippen MR) is 67.6 cm³/mol. The highest BCUT2D eigenvalue weighted by atomic mass is 16.7. The fraction of sp³-hybridized carbons (Fsp3) is 0.500. The molecule has 1 heterocycles. The number of hydrogen-bond acceptors (Lipinski definition) is 4. The Kier molecular flexibility index (Phi) is 2.93. The molecule has 0 amide bonds. The molecule has 0 unspecified atom stereocenters. The zero-order chi connectivity index (χ0) is 12.7. The summed E-state index contributed by atoms with van der Waals surface area (Å²) in [7, 11) is -0.462. The van der Waals surface area contributed by atoms with E-state index in [9.17, 15) is 0 Å². The molecule has 0 aliphatic carbocycles. The van der Waals surface area contributed by atoms with Gasteiger partial charge in [0.1, 0.15) is 0 Å². The van der Waals surface area contributed by atoms with Crippen LogP contribution in [0.5, 0.6) is 0 Å². The summed E-state index contributed by atoms with van der Waals surface area (Å²) in [4.78, 5) is 0. The molecule has 0 radical (unpaired) electrons. The fourth-order valence-corrected chi connectivity index (χ4v) is 1.77. The van der Waals surface area contributed by atoms with Crippen molar-refractivity contribution in [3.05, 3.63) is 24.3 Å². The van der Waals surface area contributed by atoms with Gasteiger partial charge in [-0.05, 0) is 33.8 Å². The highest BCUT2D eigenvalue weighted by Crippen LogP contribution is 2.36. The molecule has 0 saturated carbocycles. The Labute approximate surface area is 102 Å². The van der Waals surface area contributed by atoms with Crippen LogP contribution in [-0.4, -0.2) is 23.5 Å². The molecule has 1 saturated heterocycles. The Morgan fingerprint density at radius 1 is 1.06 bits per heavy atom. The van der Waals surface area contributed by atoms with Gasteiger partial charge in [-0.3, -0.25) is 10.7 Å². The molecule has 1 aromatic carbocycles. The average molecular weight is 235 g/mol. The van der Waals surface area contributed by atoms with E-state index in [1.165, 1.54) is 0 Å². The van der Waals surface area contributed by atoms with Crippen LogP contribution in [0.2, 0.25) is 0 Å². The third kappa shape index (κ3) is 2.06. The molecule has 1 aliphatic heterocycles. The van der Waals surface area contributed by atoms with E-state index in [0.29, 0.717) is 5.69 Å². The monoisotopic (exact) mass is 235 g/mol. The van der Waals surface area contributed by atoms with Gasteiger partial charge >= 0.3 is 7.12 Å². The van der Waals surface area contributed by atoms with Crippen LogP contribution in [0.3, 0.4) is 0 Å². The Morgan fingerprint density at radius 2 is 1.59 bits per heavy atom. The van der Waals surface area contributed by atoms with Gasteiger partial charge in [-0.15, -0.1) is 0 Å². The summed E-state index contributed by atoms with van der Waals surface area (Å²) in [5, 5.41) is 9.08. The lowest BCUT2D eigenvalue weighted by molar-refractivity contribution is 0.00578. The fourth-order valence-electron chi connectivity index (χ4n) is 1.77. The molecule has 17 heavy (non-hydrogen) atoms. The van der Waals surface area contributed by atoms with E-state index in [-0.39, 0.29) is 11.2 Å². The second kappa shape index (κ2) is 4.01. The van der Waals surface area contributed by atoms with Crippen LogP contribution >= 0.6 is 0 Å². The van der Waals surface area contributed by atoms with Crippen molar-refractivity contribution in [3.8, 4) is 0 Å². The van der Waals surface area contributed by atoms with Crippen LogP contribution < -0.4 is 10.9 Å². The van der Waals surface area contributed by atoms with Gasteiger partial charge in [0.15, 0.2) is 0 Å². The maximum atomic E-state index is 9.08. The van der Waals surface area contributed by atoms with Crippen molar-refractivity contribution < 1.29 is 14.5 Å². The second-order valence-corrected chi connectivity index (χ2v) is 5.29. The van der Waals surface area contributed by atoms with E-state index in [2.05, 4.69) is 5.48 Å². The Hall–Kier alpha value is -1.04. The Bertz CT molecular complexity index is 404. The van der Waals surface area contributed by atoms with E-state index in [1.54, 1.807) is 6.07 Å². The smallest absolute Gasteiger partial charge is 0.399 e. The van der Waals surface area contributed by atoms with Crippen molar-refractivity contribution >= 4 is 18.3 Å². The quantitative estimate of drug-likeness (QED) is 0.606. The van der Waals surface area contributed by atoms with Crippen molar-refractivity contribution in [2.75, 3.05) is 5.48 Å². The molecule has 1 aromatic rings. The molecule has 0 spiro atoms. The van der Waals surface area contributed by atoms with E-state index in [1.807, 2.05) is 45.9 Å². The molecule has 1 aliphatic rings. The minimum atomic E-state index is -0.462. The lowest BCUT2D eigenvalue weighted by Gasteiger charge is -2.32. The minimum absolute atomic E-state index is 0.375. The van der Waals surface area contributed by atoms with Crippen LogP contribution in [0.4, 0.5) is 5.69 Å². The summed E-state index contributed by atoms with van der Waals surface area (Å²) in [5.41, 5.74) is 2.82. The van der Waals surface area contributed by atoms with E-state index >= 15 is 0 Å². The summed E-state index contributed by atoms with van der Waals surface area (Å²) in [5.74, 6) is 0. The van der Waals surface area contributed by atoms with Gasteiger partial charge in [0, 0.05) is 5.46 Å². The molecular formula is C12H18BNO3. The summed E-state index contributed by atoms with van der Waals surface area (Å²) < 4.78 is 11.8. The summed E-state index contributed by atoms with van der Waals surface area (Å²) in [6.07, 6.45) is 0. The van der Waals surface area contributed by atoms with Gasteiger partial charge in [0.2, 0.25) is 0 Å². The Balaban J connectivity index is 2.32. The number of benzene rings is 1. The molecule has 0 bridgehead atoms. The first kappa shape index (κ1) is 12.4. The largest absolute Gasteiger partial charge is 0.497 e. The molecule has 0 aromatic heterocycles. The molecule has 92 valence electrons. The minimum Gasteiger partial charge on any atom is -0.399 e. The van der Waals surface area contributed by atoms with Crippen molar-refractivity contribution in [2.24, 2.45) is 0 Å². The van der Waals surface area contributed by atoms with Crippen LogP contribution in [0.15, 0.2) is 24.3 Å². The van der Waals surface area contributed by atoms with Gasteiger partial charge in [-0.25, -0.2) is 0 Å². The van der Waals surface area contributed by atoms with Crippen LogP contribution in [0.1, 0.15) is 27.7 Å². The van der Waals surface area contributed by atoms with E-state index < -0.39 is 7.12 Å². The molecule has 5 heteroatoms. The Morgan fingerprint density at radius 3 is 2.12 bits per heavy atom. The maximum absolute atomic E-state index is 9.08. The zero-order valence-electron chi connectivity index (χ0n) is 10.7. The lowest BCUT2D eigenvalue weighted by Crippen LogP contribution is -2.41. The summed E-state index contributed by atoms with van der Waals surface area (Å²) >= 11 is 0. The normalized spacial score (nSPS) is 21.6. The van der Waals surface area contributed by atoms with Gasteiger partial charge in [-0.2, -0.15) is 0 Å². The topological polar surface area (TPSA) is 50.7 Å². The lowest BCUT2D eigenvalue weighted by atomic mass is 9.78. The second-order valence-electron chi connectivity index (χ2n) is 5.29. The molecule has 2 rings (SSSR count). The highest BCUT2D eigenvalue weighted by Gasteiger charge is 2.52. The van der Waals surface area contributed by atoms with E-state index in [4.69, 9.17) is 14.5 Å². The van der Waals surface area contributed by atoms with Crippen molar-refractivity contribution in [2.45, 2.75) is 38.9 Å². The zero-order valence-corrected chi connectivity index (χ0v) is 10.7. The van der Waals surface area contributed by atoms with Crippen molar-refractivity contribution in [1.29, 1.82) is 0 Å². The summed E-state index contributed by atoms with van der Waals surface area (Å²) in [6.45, 7) is 8.01. The molecular weight excluding hydrogens is 217 g/mol. The number of nitrogens with one attached hydrogen (secondary N) is 1. The van der Waals surface area contributed by atoms with Crippen LogP contribution in [0.25, 0.3) is 0 Å². The third-order valence-corrected chi connectivity index (χ3v) is 3.59. The SMILES string of the molecule is CC1(C)OB(c2ccccc2NO)OC1(C)C. The van der Waals surface area contributed by atoms with Crippen molar-refractivity contribution in [1.82, 2.24) is 0 Å².